The van der Waals surface area contributed by atoms with Crippen LogP contribution in [0.5, 0.6) is 0 Å². The number of hydrogen-bond donors (Lipinski definition) is 2. The lowest BCUT2D eigenvalue weighted by Gasteiger charge is -2.17. The van der Waals surface area contributed by atoms with Crippen molar-refractivity contribution in [1.82, 2.24) is 15.1 Å². The molecule has 1 heterocycles. The van der Waals surface area contributed by atoms with Crippen LogP contribution in [0.3, 0.4) is 0 Å². The minimum Gasteiger partial charge on any atom is -0.326 e. The molecule has 0 aliphatic carbocycles. The summed E-state index contributed by atoms with van der Waals surface area (Å²) in [6.07, 6.45) is 0. The lowest BCUT2D eigenvalue weighted by molar-refractivity contribution is -0.114. The minimum atomic E-state index is -0.0502. The maximum Gasteiger partial charge on any atom is 0.221 e. The molecule has 1 aromatic carbocycles. The molecule has 5 nitrogen and oxygen atoms in total. The van der Waals surface area contributed by atoms with Gasteiger partial charge in [0.25, 0.3) is 0 Å². The number of aryl methyl sites for hydroxylation is 2. The van der Waals surface area contributed by atoms with E-state index in [0.717, 1.165) is 30.2 Å². The van der Waals surface area contributed by atoms with Crippen LogP contribution in [0.25, 0.3) is 0 Å². The van der Waals surface area contributed by atoms with E-state index in [4.69, 9.17) is 0 Å². The lowest BCUT2D eigenvalue weighted by Crippen LogP contribution is -2.18. The van der Waals surface area contributed by atoms with Gasteiger partial charge in [0.1, 0.15) is 0 Å². The van der Waals surface area contributed by atoms with Gasteiger partial charge in [-0.15, -0.1) is 0 Å². The second kappa shape index (κ2) is 6.54. The number of aromatic nitrogens is 2. The molecule has 0 radical (unpaired) electrons. The topological polar surface area (TPSA) is 61.0 Å². The molecule has 0 bridgehead atoms. The summed E-state index contributed by atoms with van der Waals surface area (Å²) in [6.45, 7) is 7.30. The number of hydrogen-bond acceptors (Lipinski definition) is 3. The van der Waals surface area contributed by atoms with Crippen molar-refractivity contribution >= 4 is 11.6 Å². The summed E-state index contributed by atoms with van der Waals surface area (Å²) >= 11 is 0. The number of rotatable bonds is 5. The quantitative estimate of drug-likeness (QED) is 0.888. The molecule has 21 heavy (non-hydrogen) atoms. The number of carbonyl (C=O) groups excluding carboxylic acids is 1. The molecule has 0 unspecified atom stereocenters. The Kier molecular flexibility index (Phi) is 4.75. The summed E-state index contributed by atoms with van der Waals surface area (Å²) < 4.78 is 0. The van der Waals surface area contributed by atoms with Gasteiger partial charge in [-0.05, 0) is 38.6 Å². The second-order valence-corrected chi connectivity index (χ2v) is 5.46. The van der Waals surface area contributed by atoms with Gasteiger partial charge in [0.05, 0.1) is 5.69 Å². The predicted molar refractivity (Wildman–Crippen MR) is 84.0 cm³/mol. The number of H-pyrrole nitrogens is 1. The van der Waals surface area contributed by atoms with Crippen molar-refractivity contribution in [2.24, 2.45) is 0 Å². The van der Waals surface area contributed by atoms with Crippen molar-refractivity contribution in [1.29, 1.82) is 0 Å². The maximum atomic E-state index is 11.0. The molecule has 0 aliphatic rings. The Morgan fingerprint density at radius 2 is 1.90 bits per heavy atom. The first-order valence-corrected chi connectivity index (χ1v) is 7.01. The van der Waals surface area contributed by atoms with Crippen molar-refractivity contribution in [3.63, 3.8) is 0 Å². The fourth-order valence-corrected chi connectivity index (χ4v) is 2.34. The maximum absolute atomic E-state index is 11.0. The van der Waals surface area contributed by atoms with E-state index in [9.17, 15) is 4.79 Å². The van der Waals surface area contributed by atoms with Crippen LogP contribution in [0.1, 0.15) is 29.4 Å². The van der Waals surface area contributed by atoms with Crippen LogP contribution in [-0.4, -0.2) is 28.1 Å². The Morgan fingerprint density at radius 1 is 1.24 bits per heavy atom. The van der Waals surface area contributed by atoms with Gasteiger partial charge in [0.2, 0.25) is 5.91 Å². The van der Waals surface area contributed by atoms with E-state index >= 15 is 0 Å². The zero-order valence-corrected chi connectivity index (χ0v) is 13.0. The highest BCUT2D eigenvalue weighted by Gasteiger charge is 2.09. The second-order valence-electron chi connectivity index (χ2n) is 5.46. The monoisotopic (exact) mass is 286 g/mol. The van der Waals surface area contributed by atoms with Gasteiger partial charge in [-0.2, -0.15) is 5.10 Å². The Morgan fingerprint density at radius 3 is 2.43 bits per heavy atom. The van der Waals surface area contributed by atoms with Gasteiger partial charge in [-0.3, -0.25) is 14.8 Å². The molecule has 0 spiro atoms. The Labute approximate surface area is 125 Å². The number of nitrogens with zero attached hydrogens (tertiary/aromatic N) is 2. The molecule has 0 saturated carbocycles. The average molecular weight is 286 g/mol. The van der Waals surface area contributed by atoms with Crippen LogP contribution < -0.4 is 5.32 Å². The normalized spacial score (nSPS) is 10.9. The highest BCUT2D eigenvalue weighted by atomic mass is 16.1. The summed E-state index contributed by atoms with van der Waals surface area (Å²) in [5.41, 5.74) is 5.48. The third kappa shape index (κ3) is 4.16. The van der Waals surface area contributed by atoms with E-state index in [-0.39, 0.29) is 5.91 Å². The molecule has 0 saturated heterocycles. The van der Waals surface area contributed by atoms with Gasteiger partial charge in [-0.25, -0.2) is 0 Å². The molecule has 1 amide bonds. The van der Waals surface area contributed by atoms with Crippen LogP contribution in [0.15, 0.2) is 24.3 Å². The highest BCUT2D eigenvalue weighted by molar-refractivity contribution is 5.88. The number of amides is 1. The zero-order valence-electron chi connectivity index (χ0n) is 13.0. The summed E-state index contributed by atoms with van der Waals surface area (Å²) in [5.74, 6) is -0.0502. The molecule has 0 atom stereocenters. The number of aromatic amines is 1. The molecule has 2 N–H and O–H groups in total. The van der Waals surface area contributed by atoms with Crippen molar-refractivity contribution in [3.8, 4) is 0 Å². The Bertz CT molecular complexity index is 596. The van der Waals surface area contributed by atoms with E-state index in [0.29, 0.717) is 0 Å². The first kappa shape index (κ1) is 15.3. The van der Waals surface area contributed by atoms with Crippen LogP contribution in [0.4, 0.5) is 5.69 Å². The van der Waals surface area contributed by atoms with E-state index in [1.807, 2.05) is 38.1 Å². The number of benzene rings is 1. The SMILES string of the molecule is CC(=O)Nc1ccc(CN(C)Cc2c(C)n[nH]c2C)cc1. The van der Waals surface area contributed by atoms with Crippen molar-refractivity contribution in [3.05, 3.63) is 46.8 Å². The molecular formula is C16H22N4O. The van der Waals surface area contributed by atoms with Crippen molar-refractivity contribution in [2.75, 3.05) is 12.4 Å². The fourth-order valence-electron chi connectivity index (χ4n) is 2.34. The molecule has 2 rings (SSSR count). The number of carbonyl (C=O) groups is 1. The van der Waals surface area contributed by atoms with E-state index < -0.39 is 0 Å². The zero-order chi connectivity index (χ0) is 15.4. The standard InChI is InChI=1S/C16H22N4O/c1-11-16(12(2)19-18-11)10-20(4)9-14-5-7-15(8-6-14)17-13(3)21/h5-8H,9-10H2,1-4H3,(H,17,21)(H,18,19). The highest BCUT2D eigenvalue weighted by Crippen LogP contribution is 2.15. The molecule has 112 valence electrons. The van der Waals surface area contributed by atoms with Gasteiger partial charge in [0, 0.05) is 37.0 Å². The summed E-state index contributed by atoms with van der Waals surface area (Å²) in [7, 11) is 2.09. The van der Waals surface area contributed by atoms with Crippen molar-refractivity contribution < 1.29 is 4.79 Å². The Balaban J connectivity index is 1.96. The van der Waals surface area contributed by atoms with Crippen LogP contribution in [-0.2, 0) is 17.9 Å². The smallest absolute Gasteiger partial charge is 0.221 e. The molecule has 0 aliphatic heterocycles. The minimum absolute atomic E-state index is 0.0502. The van der Waals surface area contributed by atoms with Gasteiger partial charge >= 0.3 is 0 Å². The number of nitrogens with one attached hydrogen (secondary N) is 2. The third-order valence-corrected chi connectivity index (χ3v) is 3.44. The van der Waals surface area contributed by atoms with Crippen LogP contribution >= 0.6 is 0 Å². The summed E-state index contributed by atoms with van der Waals surface area (Å²) in [6, 6.07) is 7.94. The van der Waals surface area contributed by atoms with E-state index in [2.05, 4.69) is 27.5 Å². The van der Waals surface area contributed by atoms with Crippen LogP contribution in [0, 0.1) is 13.8 Å². The Hall–Kier alpha value is -2.14. The van der Waals surface area contributed by atoms with Gasteiger partial charge < -0.3 is 5.32 Å². The first-order valence-electron chi connectivity index (χ1n) is 7.01. The third-order valence-electron chi connectivity index (χ3n) is 3.44. The first-order chi connectivity index (χ1) is 9.95. The van der Waals surface area contributed by atoms with Gasteiger partial charge in [0.15, 0.2) is 0 Å². The lowest BCUT2D eigenvalue weighted by atomic mass is 10.1. The fraction of sp³-hybridized carbons (Fsp3) is 0.375. The van der Waals surface area contributed by atoms with E-state index in [1.54, 1.807) is 0 Å². The molecule has 2 aromatic rings. The molecule has 5 heteroatoms. The molecule has 1 aromatic heterocycles. The van der Waals surface area contributed by atoms with Crippen LogP contribution in [0.2, 0.25) is 0 Å². The number of anilines is 1. The molecule has 0 fully saturated rings. The largest absolute Gasteiger partial charge is 0.326 e. The summed E-state index contributed by atoms with van der Waals surface area (Å²) in [4.78, 5) is 13.2. The predicted octanol–water partition coefficient (Wildman–Crippen LogP) is 2.62. The summed E-state index contributed by atoms with van der Waals surface area (Å²) in [5, 5.41) is 10.0. The van der Waals surface area contributed by atoms with Crippen molar-refractivity contribution in [2.45, 2.75) is 33.9 Å². The van der Waals surface area contributed by atoms with E-state index in [1.165, 1.54) is 18.1 Å². The van der Waals surface area contributed by atoms with Gasteiger partial charge in [-0.1, -0.05) is 12.1 Å². The average Bonchev–Trinajstić information content (AvgIpc) is 2.72. The molecular weight excluding hydrogens is 264 g/mol.